The first-order chi connectivity index (χ1) is 15.7. The molecule has 32 heavy (non-hydrogen) atoms. The van der Waals surface area contributed by atoms with Gasteiger partial charge in [-0.25, -0.2) is 4.99 Å². The number of carbonyl (C=O) groups excluding carboxylic acids is 1. The SMILES string of the molecule is CCC1=C2CC(=O)N(c3ccccc3)C(CNC3N=CN=C4NC=NC43)=CC2=CCCC1. The summed E-state index contributed by atoms with van der Waals surface area (Å²) in [6.45, 7) is 2.69. The maximum atomic E-state index is 13.6. The first-order valence-electron chi connectivity index (χ1n) is 11.4. The maximum absolute atomic E-state index is 13.6. The monoisotopic (exact) mass is 428 g/mol. The summed E-state index contributed by atoms with van der Waals surface area (Å²) >= 11 is 0. The van der Waals surface area contributed by atoms with Crippen molar-refractivity contribution < 1.29 is 4.79 Å². The summed E-state index contributed by atoms with van der Waals surface area (Å²) in [4.78, 5) is 28.7. The Bertz CT molecular complexity index is 1080. The summed E-state index contributed by atoms with van der Waals surface area (Å²) < 4.78 is 0. The Morgan fingerprint density at radius 1 is 1.22 bits per heavy atom. The average molecular weight is 429 g/mol. The fourth-order valence-electron chi connectivity index (χ4n) is 4.77. The Balaban J connectivity index is 1.50. The molecular formula is C25H28N6O. The lowest BCUT2D eigenvalue weighted by molar-refractivity contribution is -0.117. The van der Waals surface area contributed by atoms with Gasteiger partial charge in [-0.1, -0.05) is 36.8 Å². The van der Waals surface area contributed by atoms with Crippen LogP contribution in [0.5, 0.6) is 0 Å². The number of hydrogen-bond acceptors (Lipinski definition) is 6. The molecule has 7 nitrogen and oxygen atoms in total. The lowest BCUT2D eigenvalue weighted by atomic mass is 9.94. The summed E-state index contributed by atoms with van der Waals surface area (Å²) in [5.41, 5.74) is 5.62. The van der Waals surface area contributed by atoms with E-state index in [1.807, 2.05) is 35.2 Å². The maximum Gasteiger partial charge on any atom is 0.235 e. The lowest BCUT2D eigenvalue weighted by Crippen LogP contribution is -2.47. The van der Waals surface area contributed by atoms with E-state index in [0.717, 1.165) is 42.9 Å². The van der Waals surface area contributed by atoms with Crippen LogP contribution >= 0.6 is 0 Å². The number of amidine groups is 1. The molecule has 4 aliphatic rings. The van der Waals surface area contributed by atoms with Crippen molar-refractivity contribution in [2.75, 3.05) is 11.4 Å². The molecule has 164 valence electrons. The molecule has 2 atom stereocenters. The number of para-hydroxylation sites is 1. The largest absolute Gasteiger partial charge is 0.333 e. The lowest BCUT2D eigenvalue weighted by Gasteiger charge is -2.27. The van der Waals surface area contributed by atoms with Crippen LogP contribution in [0.25, 0.3) is 0 Å². The van der Waals surface area contributed by atoms with Gasteiger partial charge < -0.3 is 5.32 Å². The number of fused-ring (bicyclic) bond motifs is 2. The summed E-state index contributed by atoms with van der Waals surface area (Å²) in [6, 6.07) is 9.74. The minimum absolute atomic E-state index is 0.102. The molecule has 2 N–H and O–H groups in total. The summed E-state index contributed by atoms with van der Waals surface area (Å²) in [5.74, 6) is 0.901. The Labute approximate surface area is 188 Å². The third-order valence-electron chi connectivity index (χ3n) is 6.39. The molecule has 7 heteroatoms. The van der Waals surface area contributed by atoms with Gasteiger partial charge in [0, 0.05) is 17.9 Å². The highest BCUT2D eigenvalue weighted by Gasteiger charge is 2.32. The minimum atomic E-state index is -0.227. The Kier molecular flexibility index (Phi) is 5.81. The number of anilines is 1. The molecule has 0 aromatic heterocycles. The van der Waals surface area contributed by atoms with Gasteiger partial charge in [0.2, 0.25) is 5.91 Å². The Morgan fingerprint density at radius 3 is 2.94 bits per heavy atom. The number of aliphatic imine (C=N–C) groups is 3. The molecule has 1 aromatic carbocycles. The van der Waals surface area contributed by atoms with E-state index < -0.39 is 0 Å². The zero-order valence-electron chi connectivity index (χ0n) is 18.3. The van der Waals surface area contributed by atoms with Crippen LogP contribution < -0.4 is 15.5 Å². The first kappa shape index (κ1) is 20.6. The smallest absolute Gasteiger partial charge is 0.235 e. The van der Waals surface area contributed by atoms with E-state index in [9.17, 15) is 4.79 Å². The predicted molar refractivity (Wildman–Crippen MR) is 129 cm³/mol. The van der Waals surface area contributed by atoms with Crippen molar-refractivity contribution in [3.8, 4) is 0 Å². The van der Waals surface area contributed by atoms with Crippen LogP contribution in [0, 0.1) is 0 Å². The molecule has 3 heterocycles. The Hall–Kier alpha value is -3.32. The van der Waals surface area contributed by atoms with Gasteiger partial charge in [-0.2, -0.15) is 0 Å². The molecule has 5 rings (SSSR count). The zero-order chi connectivity index (χ0) is 21.9. The topological polar surface area (TPSA) is 81.5 Å². The fraction of sp³-hybridized carbons (Fsp3) is 0.360. The number of benzene rings is 1. The number of carbonyl (C=O) groups is 1. The molecule has 0 spiro atoms. The van der Waals surface area contributed by atoms with E-state index in [1.165, 1.54) is 16.7 Å². The van der Waals surface area contributed by atoms with Crippen molar-refractivity contribution in [1.82, 2.24) is 10.6 Å². The van der Waals surface area contributed by atoms with Gasteiger partial charge >= 0.3 is 0 Å². The van der Waals surface area contributed by atoms with Crippen LogP contribution in [0.3, 0.4) is 0 Å². The van der Waals surface area contributed by atoms with Crippen LogP contribution in [0.2, 0.25) is 0 Å². The highest BCUT2D eigenvalue weighted by atomic mass is 16.2. The molecule has 3 aliphatic heterocycles. The van der Waals surface area contributed by atoms with Gasteiger partial charge in [-0.15, -0.1) is 0 Å². The van der Waals surface area contributed by atoms with Crippen LogP contribution in [0.4, 0.5) is 5.69 Å². The fourth-order valence-corrected chi connectivity index (χ4v) is 4.77. The van der Waals surface area contributed by atoms with Crippen LogP contribution in [-0.2, 0) is 4.79 Å². The molecule has 2 unspecified atom stereocenters. The van der Waals surface area contributed by atoms with Crippen LogP contribution in [0.15, 0.2) is 79.9 Å². The van der Waals surface area contributed by atoms with E-state index in [1.54, 1.807) is 12.7 Å². The molecular weight excluding hydrogens is 400 g/mol. The molecule has 0 saturated heterocycles. The number of amides is 1. The van der Waals surface area contributed by atoms with Gasteiger partial charge in [0.15, 0.2) is 0 Å². The molecule has 0 saturated carbocycles. The molecule has 1 aromatic rings. The van der Waals surface area contributed by atoms with Gasteiger partial charge in [0.1, 0.15) is 24.4 Å². The van der Waals surface area contributed by atoms with Crippen molar-refractivity contribution in [3.05, 3.63) is 64.9 Å². The highest BCUT2D eigenvalue weighted by molar-refractivity contribution is 6.05. The third kappa shape index (κ3) is 3.96. The van der Waals surface area contributed by atoms with E-state index in [0.29, 0.717) is 13.0 Å². The highest BCUT2D eigenvalue weighted by Crippen LogP contribution is 2.35. The number of rotatable bonds is 5. The van der Waals surface area contributed by atoms with E-state index in [2.05, 4.69) is 44.7 Å². The second-order valence-electron chi connectivity index (χ2n) is 8.34. The summed E-state index contributed by atoms with van der Waals surface area (Å²) in [6.07, 6.45) is 12.2. The second-order valence-corrected chi connectivity index (χ2v) is 8.34. The minimum Gasteiger partial charge on any atom is -0.333 e. The van der Waals surface area contributed by atoms with E-state index in [-0.39, 0.29) is 18.1 Å². The summed E-state index contributed by atoms with van der Waals surface area (Å²) in [5, 5.41) is 6.58. The molecule has 0 radical (unpaired) electrons. The molecule has 0 fully saturated rings. The number of hydrogen-bond donors (Lipinski definition) is 2. The van der Waals surface area contributed by atoms with Crippen LogP contribution in [0.1, 0.15) is 39.0 Å². The average Bonchev–Trinajstić information content (AvgIpc) is 3.16. The van der Waals surface area contributed by atoms with Crippen molar-refractivity contribution in [2.24, 2.45) is 15.0 Å². The molecule has 0 bridgehead atoms. The second kappa shape index (κ2) is 9.04. The van der Waals surface area contributed by atoms with Crippen molar-refractivity contribution in [1.29, 1.82) is 0 Å². The molecule has 1 amide bonds. The predicted octanol–water partition coefficient (Wildman–Crippen LogP) is 3.48. The molecule has 1 aliphatic carbocycles. The van der Waals surface area contributed by atoms with Crippen molar-refractivity contribution in [2.45, 2.75) is 51.2 Å². The number of allylic oxidation sites excluding steroid dienone is 4. The first-order valence-corrected chi connectivity index (χ1v) is 11.4. The van der Waals surface area contributed by atoms with E-state index >= 15 is 0 Å². The normalized spacial score (nSPS) is 24.7. The zero-order valence-corrected chi connectivity index (χ0v) is 18.3. The quantitative estimate of drug-likeness (QED) is 0.753. The van der Waals surface area contributed by atoms with Crippen molar-refractivity contribution >= 4 is 30.1 Å². The number of nitrogens with one attached hydrogen (secondary N) is 2. The van der Waals surface area contributed by atoms with E-state index in [4.69, 9.17) is 0 Å². The Morgan fingerprint density at radius 2 is 2.09 bits per heavy atom. The van der Waals surface area contributed by atoms with Gasteiger partial charge in [0.05, 0.1) is 12.8 Å². The van der Waals surface area contributed by atoms with Crippen molar-refractivity contribution in [3.63, 3.8) is 0 Å². The number of nitrogens with zero attached hydrogens (tertiary/aromatic N) is 4. The summed E-state index contributed by atoms with van der Waals surface area (Å²) in [7, 11) is 0. The van der Waals surface area contributed by atoms with Gasteiger partial charge in [0.25, 0.3) is 0 Å². The van der Waals surface area contributed by atoms with Gasteiger partial charge in [-0.05, 0) is 55.0 Å². The van der Waals surface area contributed by atoms with Crippen LogP contribution in [-0.4, -0.2) is 43.2 Å². The van der Waals surface area contributed by atoms with Gasteiger partial charge in [-0.3, -0.25) is 25.0 Å². The standard InChI is InChI=1S/C25H28N6O/c1-2-17-8-6-7-9-18-12-20(14-26-24-23-25(28-15-27-23)30-16-29-24)31(22(32)13-21(17)18)19-10-4-3-5-11-19/h3-5,9-12,15-16,23-24,26H,2,6-8,13-14H2,1H3,(H,27,28,29,30). The third-order valence-corrected chi connectivity index (χ3v) is 6.39.